The summed E-state index contributed by atoms with van der Waals surface area (Å²) in [6.45, 7) is 2.17. The van der Waals surface area contributed by atoms with E-state index in [9.17, 15) is 24.8 Å². The van der Waals surface area contributed by atoms with Crippen LogP contribution < -0.4 is 0 Å². The molecule has 0 unspecified atom stereocenters. The van der Waals surface area contributed by atoms with Gasteiger partial charge in [-0.05, 0) is 54.6 Å². The summed E-state index contributed by atoms with van der Waals surface area (Å²) in [5.74, 6) is -1.35. The molecule has 0 saturated carbocycles. The lowest BCUT2D eigenvalue weighted by molar-refractivity contribution is -0.384. The fraction of sp³-hybridized carbons (Fsp3) is 0.105. The van der Waals surface area contributed by atoms with E-state index in [-0.39, 0.29) is 22.8 Å². The molecule has 0 bridgehead atoms. The average Bonchev–Trinajstić information content (AvgIpc) is 2.96. The maximum atomic E-state index is 12.7. The summed E-state index contributed by atoms with van der Waals surface area (Å²) in [6.07, 6.45) is 1.63. The highest BCUT2D eigenvalue weighted by Crippen LogP contribution is 2.34. The van der Waals surface area contributed by atoms with Crippen molar-refractivity contribution < 1.29 is 19.6 Å². The zero-order valence-corrected chi connectivity index (χ0v) is 15.5. The second kappa shape index (κ2) is 8.05. The van der Waals surface area contributed by atoms with Gasteiger partial charge in [0.05, 0.1) is 21.1 Å². The SMILES string of the molecule is CCN1C(=O)/C(=C/c2ccc([N+](=O)[O-])cc2)SC1=Nc1ccccc1C(=O)O. The molecule has 0 atom stereocenters. The molecule has 1 aliphatic rings. The largest absolute Gasteiger partial charge is 0.478 e. The Morgan fingerprint density at radius 2 is 1.93 bits per heavy atom. The lowest BCUT2D eigenvalue weighted by Gasteiger charge is -2.12. The number of carboxylic acids is 1. The fourth-order valence-corrected chi connectivity index (χ4v) is 3.62. The zero-order valence-electron chi connectivity index (χ0n) is 14.7. The molecule has 1 saturated heterocycles. The molecule has 0 aromatic heterocycles. The number of thioether (sulfide) groups is 1. The Bertz CT molecular complexity index is 1010. The van der Waals surface area contributed by atoms with Gasteiger partial charge >= 0.3 is 5.97 Å². The van der Waals surface area contributed by atoms with Crippen LogP contribution in [-0.2, 0) is 4.79 Å². The molecule has 1 N–H and O–H groups in total. The molecule has 28 heavy (non-hydrogen) atoms. The van der Waals surface area contributed by atoms with Gasteiger partial charge in [0, 0.05) is 18.7 Å². The number of non-ortho nitro benzene ring substituents is 1. The number of carbonyl (C=O) groups excluding carboxylic acids is 1. The van der Waals surface area contributed by atoms with Crippen molar-refractivity contribution >= 4 is 46.3 Å². The second-order valence-corrected chi connectivity index (χ2v) is 6.73. The van der Waals surface area contributed by atoms with Crippen molar-refractivity contribution in [3.8, 4) is 0 Å². The van der Waals surface area contributed by atoms with Crippen LogP contribution in [0.25, 0.3) is 6.08 Å². The molecule has 0 spiro atoms. The van der Waals surface area contributed by atoms with Crippen LogP contribution in [0.4, 0.5) is 11.4 Å². The number of nitrogens with zero attached hydrogens (tertiary/aromatic N) is 3. The van der Waals surface area contributed by atoms with Gasteiger partial charge in [-0.2, -0.15) is 0 Å². The number of hydrogen-bond acceptors (Lipinski definition) is 6. The first kappa shape index (κ1) is 19.3. The Labute approximate surface area is 164 Å². The van der Waals surface area contributed by atoms with Crippen LogP contribution in [-0.4, -0.2) is 38.5 Å². The van der Waals surface area contributed by atoms with E-state index in [1.54, 1.807) is 43.3 Å². The molecule has 0 aliphatic carbocycles. The van der Waals surface area contributed by atoms with Crippen molar-refractivity contribution in [2.75, 3.05) is 6.54 Å². The first-order chi connectivity index (χ1) is 13.4. The quantitative estimate of drug-likeness (QED) is 0.465. The summed E-state index contributed by atoms with van der Waals surface area (Å²) in [5, 5.41) is 20.4. The van der Waals surface area contributed by atoms with Crippen molar-refractivity contribution in [1.29, 1.82) is 0 Å². The average molecular weight is 397 g/mol. The highest BCUT2D eigenvalue weighted by molar-refractivity contribution is 8.18. The number of rotatable bonds is 5. The van der Waals surface area contributed by atoms with Crippen molar-refractivity contribution in [2.45, 2.75) is 6.92 Å². The Kier molecular flexibility index (Phi) is 5.55. The summed E-state index contributed by atoms with van der Waals surface area (Å²) in [5.41, 5.74) is 0.923. The van der Waals surface area contributed by atoms with Crippen LogP contribution in [0.15, 0.2) is 58.4 Å². The summed E-state index contributed by atoms with van der Waals surface area (Å²) in [4.78, 5) is 40.6. The maximum absolute atomic E-state index is 12.7. The van der Waals surface area contributed by atoms with Gasteiger partial charge in [0.15, 0.2) is 5.17 Å². The lowest BCUT2D eigenvalue weighted by Crippen LogP contribution is -2.28. The Morgan fingerprint density at radius 1 is 1.25 bits per heavy atom. The van der Waals surface area contributed by atoms with E-state index < -0.39 is 10.9 Å². The van der Waals surface area contributed by atoms with Crippen LogP contribution in [0.1, 0.15) is 22.8 Å². The molecule has 0 radical (unpaired) electrons. The zero-order chi connectivity index (χ0) is 20.3. The van der Waals surface area contributed by atoms with E-state index in [2.05, 4.69) is 4.99 Å². The number of amides is 1. The van der Waals surface area contributed by atoms with Crippen molar-refractivity contribution in [3.63, 3.8) is 0 Å². The number of nitro groups is 1. The highest BCUT2D eigenvalue weighted by atomic mass is 32.2. The molecule has 2 aromatic rings. The van der Waals surface area contributed by atoms with Gasteiger partial charge in [0.2, 0.25) is 0 Å². The van der Waals surface area contributed by atoms with Crippen LogP contribution in [0, 0.1) is 10.1 Å². The van der Waals surface area contributed by atoms with E-state index >= 15 is 0 Å². The molecule has 9 heteroatoms. The smallest absolute Gasteiger partial charge is 0.337 e. The summed E-state index contributed by atoms with van der Waals surface area (Å²) >= 11 is 1.13. The predicted molar refractivity (Wildman–Crippen MR) is 107 cm³/mol. The minimum Gasteiger partial charge on any atom is -0.478 e. The summed E-state index contributed by atoms with van der Waals surface area (Å²) in [7, 11) is 0. The van der Waals surface area contributed by atoms with Crippen molar-refractivity contribution in [2.24, 2.45) is 4.99 Å². The minimum atomic E-state index is -1.10. The van der Waals surface area contributed by atoms with E-state index in [1.165, 1.54) is 23.1 Å². The van der Waals surface area contributed by atoms with E-state index in [0.717, 1.165) is 11.8 Å². The van der Waals surface area contributed by atoms with Crippen LogP contribution in [0.2, 0.25) is 0 Å². The molecule has 3 rings (SSSR count). The Morgan fingerprint density at radius 3 is 2.54 bits per heavy atom. The molecule has 8 nitrogen and oxygen atoms in total. The third-order valence-corrected chi connectivity index (χ3v) is 4.96. The molecule has 1 amide bonds. The first-order valence-electron chi connectivity index (χ1n) is 8.27. The Hall–Kier alpha value is -3.46. The van der Waals surface area contributed by atoms with E-state index in [4.69, 9.17) is 0 Å². The number of aliphatic imine (C=N–C) groups is 1. The van der Waals surface area contributed by atoms with E-state index in [0.29, 0.717) is 22.2 Å². The maximum Gasteiger partial charge on any atom is 0.337 e. The number of para-hydroxylation sites is 1. The number of carboxylic acid groups (broad SMARTS) is 1. The standard InChI is InChI=1S/C19H15N3O5S/c1-2-21-17(23)16(11-12-7-9-13(10-8-12)22(26)27)28-19(21)20-15-6-4-3-5-14(15)18(24)25/h3-11H,2H2,1H3,(H,24,25)/b16-11-,20-19?. The van der Waals surface area contributed by atoms with Crippen LogP contribution in [0.3, 0.4) is 0 Å². The fourth-order valence-electron chi connectivity index (χ4n) is 2.57. The topological polar surface area (TPSA) is 113 Å². The van der Waals surface area contributed by atoms with Crippen molar-refractivity contribution in [1.82, 2.24) is 4.90 Å². The minimum absolute atomic E-state index is 0.0322. The lowest BCUT2D eigenvalue weighted by atomic mass is 10.2. The monoisotopic (exact) mass is 397 g/mol. The third kappa shape index (κ3) is 3.94. The van der Waals surface area contributed by atoms with Crippen molar-refractivity contribution in [3.05, 3.63) is 74.7 Å². The number of aromatic carboxylic acids is 1. The van der Waals surface area contributed by atoms with Gasteiger partial charge in [0.1, 0.15) is 0 Å². The number of hydrogen-bond donors (Lipinski definition) is 1. The number of amidine groups is 1. The molecule has 1 aliphatic heterocycles. The van der Waals surface area contributed by atoms with Gasteiger partial charge in [0.25, 0.3) is 11.6 Å². The summed E-state index contributed by atoms with van der Waals surface area (Å²) < 4.78 is 0. The molecule has 1 heterocycles. The van der Waals surface area contributed by atoms with Gasteiger partial charge in [-0.25, -0.2) is 9.79 Å². The normalized spacial score (nSPS) is 16.8. The van der Waals surface area contributed by atoms with Crippen LogP contribution >= 0.6 is 11.8 Å². The van der Waals surface area contributed by atoms with Gasteiger partial charge in [-0.15, -0.1) is 0 Å². The number of carbonyl (C=O) groups is 2. The number of nitro benzene ring substituents is 1. The van der Waals surface area contributed by atoms with E-state index in [1.807, 2.05) is 0 Å². The second-order valence-electron chi connectivity index (χ2n) is 5.73. The third-order valence-electron chi connectivity index (χ3n) is 3.96. The molecular formula is C19H15N3O5S. The van der Waals surface area contributed by atoms with Crippen LogP contribution in [0.5, 0.6) is 0 Å². The predicted octanol–water partition coefficient (Wildman–Crippen LogP) is 3.92. The molecule has 2 aromatic carbocycles. The van der Waals surface area contributed by atoms with Gasteiger partial charge < -0.3 is 5.11 Å². The first-order valence-corrected chi connectivity index (χ1v) is 9.09. The Balaban J connectivity index is 1.95. The highest BCUT2D eigenvalue weighted by Gasteiger charge is 2.32. The summed E-state index contributed by atoms with van der Waals surface area (Å²) in [6, 6.07) is 12.2. The van der Waals surface area contributed by atoms with Gasteiger partial charge in [-0.3, -0.25) is 19.8 Å². The number of benzene rings is 2. The molecule has 1 fully saturated rings. The molecule has 142 valence electrons. The number of likely N-dealkylation sites (N-methyl/N-ethyl adjacent to an activating group) is 1. The van der Waals surface area contributed by atoms with Gasteiger partial charge in [-0.1, -0.05) is 12.1 Å². The molecular weight excluding hydrogens is 382 g/mol.